The van der Waals surface area contributed by atoms with Crippen molar-refractivity contribution >= 4 is 21.6 Å². The van der Waals surface area contributed by atoms with Gasteiger partial charge in [0, 0.05) is 18.8 Å². The van der Waals surface area contributed by atoms with E-state index < -0.39 is 15.9 Å². The predicted molar refractivity (Wildman–Crippen MR) is 114 cm³/mol. The van der Waals surface area contributed by atoms with Gasteiger partial charge in [0.05, 0.1) is 13.0 Å². The van der Waals surface area contributed by atoms with Crippen LogP contribution in [0, 0.1) is 11.7 Å². The van der Waals surface area contributed by atoms with E-state index in [0.29, 0.717) is 25.1 Å². The average Bonchev–Trinajstić information content (AvgIpc) is 2.74. The van der Waals surface area contributed by atoms with E-state index in [9.17, 15) is 17.6 Å². The van der Waals surface area contributed by atoms with E-state index in [4.69, 9.17) is 4.74 Å². The summed E-state index contributed by atoms with van der Waals surface area (Å²) in [6.45, 7) is 4.42. The zero-order chi connectivity index (χ0) is 21.9. The molecule has 3 rings (SSSR count). The van der Waals surface area contributed by atoms with Gasteiger partial charge in [-0.3, -0.25) is 4.79 Å². The van der Waals surface area contributed by atoms with E-state index in [-0.39, 0.29) is 34.8 Å². The molecule has 1 fully saturated rings. The van der Waals surface area contributed by atoms with Crippen LogP contribution in [-0.2, 0) is 14.8 Å². The lowest BCUT2D eigenvalue weighted by atomic mass is 9.99. The highest BCUT2D eigenvalue weighted by Crippen LogP contribution is 2.32. The van der Waals surface area contributed by atoms with Crippen molar-refractivity contribution in [2.45, 2.75) is 37.5 Å². The summed E-state index contributed by atoms with van der Waals surface area (Å²) < 4.78 is 46.5. The van der Waals surface area contributed by atoms with Crippen LogP contribution in [0.2, 0.25) is 0 Å². The molecule has 0 unspecified atom stereocenters. The maximum atomic E-state index is 13.4. The van der Waals surface area contributed by atoms with Crippen molar-refractivity contribution in [3.05, 3.63) is 53.8 Å². The van der Waals surface area contributed by atoms with Crippen molar-refractivity contribution in [1.29, 1.82) is 0 Å². The van der Waals surface area contributed by atoms with Crippen molar-refractivity contribution in [2.24, 2.45) is 5.92 Å². The van der Waals surface area contributed by atoms with E-state index in [1.54, 1.807) is 12.1 Å². The summed E-state index contributed by atoms with van der Waals surface area (Å²) in [7, 11) is -2.38. The molecular formula is C22H27FN2O4S. The Morgan fingerprint density at radius 3 is 2.53 bits per heavy atom. The quantitative estimate of drug-likeness (QED) is 0.746. The molecule has 6 nitrogen and oxygen atoms in total. The number of rotatable bonds is 6. The summed E-state index contributed by atoms with van der Waals surface area (Å²) in [5.41, 5.74) is 1.38. The standard InChI is InChI=1S/C22H27FN2O4S/c1-15(2)16-6-11-20(29-3)21(13-16)30(27,28)25-12-4-5-17(14-25)22(26)24-19-9-7-18(23)8-10-19/h6-11,13,15,17H,4-5,12,14H2,1-3H3,(H,24,26)/t17-/m1/s1. The van der Waals surface area contributed by atoms with Gasteiger partial charge in [-0.25, -0.2) is 12.8 Å². The Hall–Kier alpha value is -2.45. The summed E-state index contributed by atoms with van der Waals surface area (Å²) in [5, 5.41) is 2.75. The number of nitrogens with one attached hydrogen (secondary N) is 1. The molecule has 0 radical (unpaired) electrons. The number of halogens is 1. The van der Waals surface area contributed by atoms with Gasteiger partial charge in [0.25, 0.3) is 0 Å². The second-order valence-corrected chi connectivity index (χ2v) is 9.67. The normalized spacial score (nSPS) is 17.7. The first-order valence-electron chi connectivity index (χ1n) is 9.97. The molecule has 2 aromatic carbocycles. The molecular weight excluding hydrogens is 407 g/mol. The fourth-order valence-corrected chi connectivity index (χ4v) is 5.26. The highest BCUT2D eigenvalue weighted by Gasteiger charge is 2.35. The number of carbonyl (C=O) groups is 1. The van der Waals surface area contributed by atoms with E-state index >= 15 is 0 Å². The van der Waals surface area contributed by atoms with Crippen LogP contribution < -0.4 is 10.1 Å². The SMILES string of the molecule is COc1ccc(C(C)C)cc1S(=O)(=O)N1CCC[C@@H](C(=O)Nc2ccc(F)cc2)C1. The Kier molecular flexibility index (Phi) is 6.77. The average molecular weight is 435 g/mol. The largest absolute Gasteiger partial charge is 0.495 e. The number of hydrogen-bond donors (Lipinski definition) is 1. The van der Waals surface area contributed by atoms with E-state index in [1.165, 1.54) is 35.7 Å². The molecule has 1 aliphatic rings. The third kappa shape index (κ3) is 4.82. The third-order valence-electron chi connectivity index (χ3n) is 5.34. The Bertz CT molecular complexity index is 1010. The van der Waals surface area contributed by atoms with Crippen LogP contribution in [0.15, 0.2) is 47.4 Å². The fourth-order valence-electron chi connectivity index (χ4n) is 3.55. The fraction of sp³-hybridized carbons (Fsp3) is 0.409. The molecule has 1 N–H and O–H groups in total. The van der Waals surface area contributed by atoms with Crippen molar-refractivity contribution < 1.29 is 22.3 Å². The van der Waals surface area contributed by atoms with Crippen LogP contribution >= 0.6 is 0 Å². The minimum atomic E-state index is -3.83. The van der Waals surface area contributed by atoms with Gasteiger partial charge in [0.1, 0.15) is 16.5 Å². The third-order valence-corrected chi connectivity index (χ3v) is 7.23. The number of carbonyl (C=O) groups excluding carboxylic acids is 1. The molecule has 0 aliphatic carbocycles. The van der Waals surface area contributed by atoms with Crippen LogP contribution in [0.4, 0.5) is 10.1 Å². The van der Waals surface area contributed by atoms with Gasteiger partial charge in [-0.1, -0.05) is 19.9 Å². The number of anilines is 1. The summed E-state index contributed by atoms with van der Waals surface area (Å²) >= 11 is 0. The minimum Gasteiger partial charge on any atom is -0.495 e. The van der Waals surface area contributed by atoms with Crippen LogP contribution in [0.1, 0.15) is 38.2 Å². The Balaban J connectivity index is 1.81. The number of methoxy groups -OCH3 is 1. The minimum absolute atomic E-state index is 0.0877. The Morgan fingerprint density at radius 2 is 1.90 bits per heavy atom. The van der Waals surface area contributed by atoms with Gasteiger partial charge in [-0.2, -0.15) is 4.31 Å². The molecule has 0 bridgehead atoms. The van der Waals surface area contributed by atoms with Gasteiger partial charge < -0.3 is 10.1 Å². The zero-order valence-electron chi connectivity index (χ0n) is 17.4. The molecule has 162 valence electrons. The summed E-state index contributed by atoms with van der Waals surface area (Å²) in [4.78, 5) is 12.8. The number of ether oxygens (including phenoxy) is 1. The van der Waals surface area contributed by atoms with Crippen molar-refractivity contribution in [3.63, 3.8) is 0 Å². The number of benzene rings is 2. The van der Waals surface area contributed by atoms with Gasteiger partial charge in [0.15, 0.2) is 0 Å². The van der Waals surface area contributed by atoms with Gasteiger partial charge >= 0.3 is 0 Å². The first-order chi connectivity index (χ1) is 14.2. The molecule has 2 aromatic rings. The number of amides is 1. The molecule has 0 saturated carbocycles. The molecule has 1 aliphatic heterocycles. The van der Waals surface area contributed by atoms with Crippen LogP contribution in [0.5, 0.6) is 5.75 Å². The van der Waals surface area contributed by atoms with E-state index in [2.05, 4.69) is 5.32 Å². The highest BCUT2D eigenvalue weighted by molar-refractivity contribution is 7.89. The first-order valence-corrected chi connectivity index (χ1v) is 11.4. The second kappa shape index (κ2) is 9.14. The van der Waals surface area contributed by atoms with Gasteiger partial charge in [-0.05, 0) is 60.7 Å². The molecule has 1 heterocycles. The maximum absolute atomic E-state index is 13.4. The molecule has 1 saturated heterocycles. The Morgan fingerprint density at radius 1 is 1.20 bits per heavy atom. The van der Waals surface area contributed by atoms with Crippen molar-refractivity contribution in [3.8, 4) is 5.75 Å². The highest BCUT2D eigenvalue weighted by atomic mass is 32.2. The summed E-state index contributed by atoms with van der Waals surface area (Å²) in [6.07, 6.45) is 1.16. The van der Waals surface area contributed by atoms with Crippen molar-refractivity contribution in [2.75, 3.05) is 25.5 Å². The second-order valence-electron chi connectivity index (χ2n) is 7.76. The van der Waals surface area contributed by atoms with Crippen molar-refractivity contribution in [1.82, 2.24) is 4.31 Å². The van der Waals surface area contributed by atoms with Crippen LogP contribution in [0.3, 0.4) is 0 Å². The number of nitrogens with zero attached hydrogens (tertiary/aromatic N) is 1. The van der Waals surface area contributed by atoms with Gasteiger partial charge in [-0.15, -0.1) is 0 Å². The molecule has 0 aromatic heterocycles. The lowest BCUT2D eigenvalue weighted by Gasteiger charge is -2.31. The first kappa shape index (κ1) is 22.2. The lowest BCUT2D eigenvalue weighted by Crippen LogP contribution is -2.43. The van der Waals surface area contributed by atoms with Gasteiger partial charge in [0.2, 0.25) is 15.9 Å². The smallest absolute Gasteiger partial charge is 0.246 e. The molecule has 0 spiro atoms. The monoisotopic (exact) mass is 434 g/mol. The number of hydrogen-bond acceptors (Lipinski definition) is 4. The predicted octanol–water partition coefficient (Wildman–Crippen LogP) is 4.00. The van der Waals surface area contributed by atoms with Crippen LogP contribution in [-0.4, -0.2) is 38.8 Å². The topological polar surface area (TPSA) is 75.7 Å². The van der Waals surface area contributed by atoms with E-state index in [1.807, 2.05) is 19.9 Å². The molecule has 1 atom stereocenters. The lowest BCUT2D eigenvalue weighted by molar-refractivity contribution is -0.120. The molecule has 8 heteroatoms. The number of piperidine rings is 1. The number of sulfonamides is 1. The van der Waals surface area contributed by atoms with Crippen LogP contribution in [0.25, 0.3) is 0 Å². The summed E-state index contributed by atoms with van der Waals surface area (Å²) in [6, 6.07) is 10.7. The van der Waals surface area contributed by atoms with E-state index in [0.717, 1.165) is 5.56 Å². The zero-order valence-corrected chi connectivity index (χ0v) is 18.2. The maximum Gasteiger partial charge on any atom is 0.246 e. The Labute approximate surface area is 177 Å². The summed E-state index contributed by atoms with van der Waals surface area (Å²) in [5.74, 6) is -0.694. The molecule has 1 amide bonds. The molecule has 30 heavy (non-hydrogen) atoms.